The molecule has 0 unspecified atom stereocenters. The average molecular weight is 248 g/mol. The minimum atomic E-state index is 0. The van der Waals surface area contributed by atoms with Gasteiger partial charge in [-0.25, -0.2) is 0 Å². The topological polar surface area (TPSA) is 0 Å². The van der Waals surface area contributed by atoms with Crippen LogP contribution in [0.2, 0.25) is 0 Å². The van der Waals surface area contributed by atoms with Crippen molar-refractivity contribution in [1.82, 2.24) is 0 Å². The summed E-state index contributed by atoms with van der Waals surface area (Å²) in [5, 5.41) is 0. The van der Waals surface area contributed by atoms with E-state index < -0.39 is 0 Å². The first-order valence-electron chi connectivity index (χ1n) is 0. The van der Waals surface area contributed by atoms with E-state index in [0.29, 0.717) is 0 Å². The molecule has 0 aromatic carbocycles. The van der Waals surface area contributed by atoms with Crippen LogP contribution in [0.25, 0.3) is 0 Å². The third-order valence-corrected chi connectivity index (χ3v) is 0. The van der Waals surface area contributed by atoms with Crippen LogP contribution in [0.4, 0.5) is 0 Å². The molecule has 0 bridgehead atoms. The number of hydrogen-bond acceptors (Lipinski definition) is 0. The summed E-state index contributed by atoms with van der Waals surface area (Å²) >= 11 is 0. The van der Waals surface area contributed by atoms with Gasteiger partial charge in [0.1, 0.15) is 0 Å². The van der Waals surface area contributed by atoms with Crippen molar-refractivity contribution in [3.63, 3.8) is 0 Å². The van der Waals surface area contributed by atoms with Crippen molar-refractivity contribution in [2.24, 2.45) is 0 Å². The van der Waals surface area contributed by atoms with Crippen LogP contribution in [0.15, 0.2) is 0 Å². The molecule has 0 aromatic rings. The first kappa shape index (κ1) is 27.4. The van der Waals surface area contributed by atoms with Crippen LogP contribution in [0.1, 0.15) is 2.85 Å². The molecular formula is H7AlCaMnSn. The molecule has 0 heterocycles. The average Bonchev–Trinajstić information content (AvgIpc) is 0. The van der Waals surface area contributed by atoms with E-state index in [0.717, 1.165) is 0 Å². The summed E-state index contributed by atoms with van der Waals surface area (Å²) in [6.07, 6.45) is 0. The second kappa shape index (κ2) is 16.5. The van der Waals surface area contributed by atoms with Crippen molar-refractivity contribution in [3.05, 3.63) is 0 Å². The standard InChI is InChI=1S/Al.Ca.Mn.Sn.7H/q;+2;;;;;;;;2*-1. The summed E-state index contributed by atoms with van der Waals surface area (Å²) in [5.41, 5.74) is 0. The first-order chi connectivity index (χ1) is 0. The summed E-state index contributed by atoms with van der Waals surface area (Å²) < 4.78 is 0. The van der Waals surface area contributed by atoms with Gasteiger partial charge < -0.3 is 2.85 Å². The normalized spacial score (nSPS) is 0. The fourth-order valence-corrected chi connectivity index (χ4v) is 0. The molecule has 0 saturated heterocycles. The molecule has 0 atom stereocenters. The molecule has 0 rings (SSSR count). The summed E-state index contributed by atoms with van der Waals surface area (Å²) in [6, 6.07) is 0. The molecular weight excluding hydrogens is 241 g/mol. The summed E-state index contributed by atoms with van der Waals surface area (Å²) in [4.78, 5) is 0. The van der Waals surface area contributed by atoms with Crippen molar-refractivity contribution in [3.8, 4) is 0 Å². The van der Waals surface area contributed by atoms with Crippen LogP contribution in [0.5, 0.6) is 0 Å². The Morgan fingerprint density at radius 2 is 1.25 bits per heavy atom. The maximum absolute atomic E-state index is 0. The van der Waals surface area contributed by atoms with Crippen LogP contribution in [0.3, 0.4) is 0 Å². The zero-order chi connectivity index (χ0) is 0. The molecule has 23 valence electrons. The molecule has 0 amide bonds. The molecule has 4 heteroatoms. The van der Waals surface area contributed by atoms with Gasteiger partial charge in [-0.3, -0.25) is 0 Å². The molecule has 0 aliphatic heterocycles. The Balaban J connectivity index is 0. The van der Waals surface area contributed by atoms with Gasteiger partial charge in [0.15, 0.2) is 17.4 Å². The summed E-state index contributed by atoms with van der Waals surface area (Å²) in [7, 11) is 0. The van der Waals surface area contributed by atoms with Crippen LogP contribution in [-0.2, 0) is 17.1 Å². The Labute approximate surface area is 97.0 Å². The number of hydrogen-bond donors (Lipinski definition) is 0. The van der Waals surface area contributed by atoms with E-state index in [-0.39, 0.29) is 98.9 Å². The van der Waals surface area contributed by atoms with E-state index in [1.807, 2.05) is 0 Å². The molecule has 0 fully saturated rings. The summed E-state index contributed by atoms with van der Waals surface area (Å²) in [6.45, 7) is 0. The Morgan fingerprint density at radius 1 is 1.25 bits per heavy atom. The second-order valence-electron chi connectivity index (χ2n) is 0. The quantitative estimate of drug-likeness (QED) is 0.424. The molecule has 0 nitrogen and oxygen atoms in total. The van der Waals surface area contributed by atoms with Gasteiger partial charge in [-0.1, -0.05) is 0 Å². The van der Waals surface area contributed by atoms with E-state index in [9.17, 15) is 0 Å². The molecule has 0 saturated carbocycles. The molecule has 0 aliphatic carbocycles. The van der Waals surface area contributed by atoms with Crippen molar-refractivity contribution in [2.75, 3.05) is 0 Å². The monoisotopic (exact) mass is 249 g/mol. The van der Waals surface area contributed by atoms with E-state index in [1.165, 1.54) is 0 Å². The molecule has 0 aromatic heterocycles. The van der Waals surface area contributed by atoms with Gasteiger partial charge in [0, 0.05) is 17.1 Å². The Bertz CT molecular complexity index is 13.5. The Hall–Kier alpha value is 3.11. The molecule has 0 N–H and O–H groups in total. The van der Waals surface area contributed by atoms with E-state index in [1.54, 1.807) is 0 Å². The van der Waals surface area contributed by atoms with Gasteiger partial charge in [-0.05, 0) is 0 Å². The van der Waals surface area contributed by atoms with Crippen molar-refractivity contribution in [2.45, 2.75) is 0 Å². The predicted molar refractivity (Wildman–Crippen MR) is 26.5 cm³/mol. The molecule has 4 heavy (non-hydrogen) atoms. The van der Waals surface area contributed by atoms with Crippen LogP contribution in [-0.4, -0.2) is 79.0 Å². The zero-order valence-corrected chi connectivity index (χ0v) is 9.22. The van der Waals surface area contributed by atoms with Crippen molar-refractivity contribution in [1.29, 1.82) is 0 Å². The fraction of sp³-hybridized carbons (Fsp3) is 0. The van der Waals surface area contributed by atoms with Crippen LogP contribution in [0, 0.1) is 0 Å². The maximum atomic E-state index is 0. The Kier molecular flexibility index (Phi) is 113. The van der Waals surface area contributed by atoms with Crippen molar-refractivity contribution >= 4 is 79.0 Å². The van der Waals surface area contributed by atoms with Crippen LogP contribution < -0.4 is 0 Å². The van der Waals surface area contributed by atoms with Gasteiger partial charge in [0.25, 0.3) is 0 Å². The molecule has 0 aliphatic rings. The van der Waals surface area contributed by atoms with Gasteiger partial charge >= 0.3 is 61.6 Å². The van der Waals surface area contributed by atoms with Gasteiger partial charge in [0.2, 0.25) is 0 Å². The minimum absolute atomic E-state index is 0. The third-order valence-electron chi connectivity index (χ3n) is 0. The number of rotatable bonds is 0. The molecule has 3 radical (unpaired) electrons. The SMILES string of the molecule is [AlH3].[Ca+2].[H-].[H-].[Mn].[SnH2]. The zero-order valence-electron chi connectivity index (χ0n) is 3.79. The van der Waals surface area contributed by atoms with Gasteiger partial charge in [-0.15, -0.1) is 0 Å². The van der Waals surface area contributed by atoms with Gasteiger partial charge in [0.05, 0.1) is 0 Å². The first-order valence-corrected chi connectivity index (χ1v) is 0. The van der Waals surface area contributed by atoms with Gasteiger partial charge in [-0.2, -0.15) is 0 Å². The van der Waals surface area contributed by atoms with E-state index >= 15 is 0 Å². The van der Waals surface area contributed by atoms with E-state index in [2.05, 4.69) is 0 Å². The van der Waals surface area contributed by atoms with Crippen LogP contribution >= 0.6 is 0 Å². The third kappa shape index (κ3) is 8.92. The predicted octanol–water partition coefficient (Wildman–Crippen LogP) is -2.26. The Morgan fingerprint density at radius 3 is 1.25 bits per heavy atom. The van der Waals surface area contributed by atoms with E-state index in [4.69, 9.17) is 0 Å². The molecule has 0 spiro atoms. The summed E-state index contributed by atoms with van der Waals surface area (Å²) in [5.74, 6) is 0. The van der Waals surface area contributed by atoms with Crippen molar-refractivity contribution < 1.29 is 19.9 Å². The second-order valence-corrected chi connectivity index (χ2v) is 0. The fourth-order valence-electron chi connectivity index (χ4n) is 0.